The van der Waals surface area contributed by atoms with Gasteiger partial charge in [-0.05, 0) is 43.4 Å². The van der Waals surface area contributed by atoms with E-state index in [0.29, 0.717) is 12.5 Å². The number of hydrogen-bond acceptors (Lipinski definition) is 4. The van der Waals surface area contributed by atoms with Crippen LogP contribution in [0.2, 0.25) is 0 Å². The topological polar surface area (TPSA) is 76.4 Å². The molecule has 1 aliphatic rings. The molecule has 1 aromatic heterocycles. The van der Waals surface area contributed by atoms with Crippen LogP contribution in [0.15, 0.2) is 65.3 Å². The molecule has 0 bridgehead atoms. The Morgan fingerprint density at radius 3 is 2.50 bits per heavy atom. The summed E-state index contributed by atoms with van der Waals surface area (Å²) in [7, 11) is 1.64. The van der Waals surface area contributed by atoms with Crippen LogP contribution < -0.4 is 15.4 Å². The molecule has 0 aliphatic heterocycles. The van der Waals surface area contributed by atoms with E-state index in [-0.39, 0.29) is 12.1 Å². The molecule has 0 saturated heterocycles. The van der Waals surface area contributed by atoms with Gasteiger partial charge < -0.3 is 19.8 Å². The van der Waals surface area contributed by atoms with Gasteiger partial charge >= 0.3 is 6.03 Å². The van der Waals surface area contributed by atoms with Crippen molar-refractivity contribution in [1.29, 1.82) is 0 Å². The minimum atomic E-state index is -0.128. The lowest BCUT2D eigenvalue weighted by Gasteiger charge is -2.27. The molecule has 1 saturated carbocycles. The first-order valence-electron chi connectivity index (χ1n) is 10.4. The van der Waals surface area contributed by atoms with Gasteiger partial charge in [-0.1, -0.05) is 42.5 Å². The highest BCUT2D eigenvalue weighted by Gasteiger charge is 2.26. The highest BCUT2D eigenvalue weighted by Crippen LogP contribution is 2.33. The molecule has 156 valence electrons. The van der Waals surface area contributed by atoms with Gasteiger partial charge in [0.15, 0.2) is 5.89 Å². The van der Waals surface area contributed by atoms with Gasteiger partial charge in [-0.15, -0.1) is 0 Å². The van der Waals surface area contributed by atoms with Gasteiger partial charge in [-0.3, -0.25) is 0 Å². The van der Waals surface area contributed by atoms with E-state index in [1.165, 1.54) is 0 Å². The number of benzene rings is 2. The second-order valence-corrected chi connectivity index (χ2v) is 7.66. The number of ether oxygens (including phenoxy) is 1. The second-order valence-electron chi connectivity index (χ2n) is 7.66. The minimum Gasteiger partial charge on any atom is -0.497 e. The van der Waals surface area contributed by atoms with Crippen molar-refractivity contribution in [1.82, 2.24) is 15.6 Å². The SMILES string of the molecule is COc1ccc(CNC(=O)NC2CCC(c3nc(-c4ccccc4)co3)CC2)cc1. The number of hydrogen-bond donors (Lipinski definition) is 2. The van der Waals surface area contributed by atoms with Crippen LogP contribution in [-0.2, 0) is 6.54 Å². The number of urea groups is 1. The Balaban J connectivity index is 1.22. The number of methoxy groups -OCH3 is 1. The summed E-state index contributed by atoms with van der Waals surface area (Å²) >= 11 is 0. The van der Waals surface area contributed by atoms with E-state index in [1.807, 2.05) is 54.6 Å². The first kappa shape index (κ1) is 20.0. The lowest BCUT2D eigenvalue weighted by atomic mass is 9.86. The first-order valence-corrected chi connectivity index (χ1v) is 10.4. The Kier molecular flexibility index (Phi) is 6.32. The first-order chi connectivity index (χ1) is 14.7. The van der Waals surface area contributed by atoms with E-state index in [1.54, 1.807) is 13.4 Å². The standard InChI is InChI=1S/C24H27N3O3/c1-29-21-13-7-17(8-14-21)15-25-24(28)26-20-11-9-19(10-12-20)23-27-22(16-30-23)18-5-3-2-4-6-18/h2-8,13-14,16,19-20H,9-12,15H2,1H3,(H2,25,26,28). The van der Waals surface area contributed by atoms with Gasteiger partial charge in [-0.2, -0.15) is 0 Å². The van der Waals surface area contributed by atoms with Crippen LogP contribution in [0.5, 0.6) is 5.75 Å². The molecule has 4 rings (SSSR count). The third kappa shape index (κ3) is 5.00. The smallest absolute Gasteiger partial charge is 0.315 e. The normalized spacial score (nSPS) is 18.6. The fraction of sp³-hybridized carbons (Fsp3) is 0.333. The zero-order valence-electron chi connectivity index (χ0n) is 17.1. The van der Waals surface area contributed by atoms with Crippen molar-refractivity contribution < 1.29 is 13.9 Å². The summed E-state index contributed by atoms with van der Waals surface area (Å²) in [6.45, 7) is 0.490. The molecule has 6 heteroatoms. The third-order valence-corrected chi connectivity index (χ3v) is 5.62. The van der Waals surface area contributed by atoms with Gasteiger partial charge in [-0.25, -0.2) is 9.78 Å². The Morgan fingerprint density at radius 2 is 1.80 bits per heavy atom. The molecule has 2 N–H and O–H groups in total. The van der Waals surface area contributed by atoms with Gasteiger partial charge in [0, 0.05) is 24.1 Å². The molecule has 0 unspecified atom stereocenters. The zero-order valence-corrected chi connectivity index (χ0v) is 17.1. The maximum atomic E-state index is 12.2. The molecule has 30 heavy (non-hydrogen) atoms. The quantitative estimate of drug-likeness (QED) is 0.613. The van der Waals surface area contributed by atoms with Gasteiger partial charge in [0.25, 0.3) is 0 Å². The lowest BCUT2D eigenvalue weighted by Crippen LogP contribution is -2.43. The third-order valence-electron chi connectivity index (χ3n) is 5.62. The van der Waals surface area contributed by atoms with Gasteiger partial charge in [0.05, 0.1) is 7.11 Å². The van der Waals surface area contributed by atoms with Crippen molar-refractivity contribution in [2.45, 2.75) is 44.2 Å². The largest absolute Gasteiger partial charge is 0.497 e. The molecule has 3 aromatic rings. The van der Waals surface area contributed by atoms with Gasteiger partial charge in [0.2, 0.25) is 0 Å². The van der Waals surface area contributed by atoms with Crippen molar-refractivity contribution in [2.75, 3.05) is 7.11 Å². The number of carbonyl (C=O) groups excluding carboxylic acids is 1. The molecule has 2 aromatic carbocycles. The number of oxazole rings is 1. The second kappa shape index (κ2) is 9.48. The Bertz CT molecular complexity index is 945. The number of nitrogens with one attached hydrogen (secondary N) is 2. The molecule has 0 radical (unpaired) electrons. The molecule has 0 atom stereocenters. The molecule has 6 nitrogen and oxygen atoms in total. The van der Waals surface area contributed by atoms with Crippen LogP contribution in [-0.4, -0.2) is 24.2 Å². The van der Waals surface area contributed by atoms with Crippen LogP contribution >= 0.6 is 0 Å². The monoisotopic (exact) mass is 405 g/mol. The number of aromatic nitrogens is 1. The number of nitrogens with zero attached hydrogens (tertiary/aromatic N) is 1. The number of carbonyl (C=O) groups is 1. The highest BCUT2D eigenvalue weighted by molar-refractivity contribution is 5.74. The lowest BCUT2D eigenvalue weighted by molar-refractivity contribution is 0.229. The summed E-state index contributed by atoms with van der Waals surface area (Å²) in [5.41, 5.74) is 2.98. The Morgan fingerprint density at radius 1 is 1.07 bits per heavy atom. The fourth-order valence-corrected chi connectivity index (χ4v) is 3.86. The average molecular weight is 405 g/mol. The fourth-order valence-electron chi connectivity index (χ4n) is 3.86. The molecular weight excluding hydrogens is 378 g/mol. The summed E-state index contributed by atoms with van der Waals surface area (Å²) in [6.07, 6.45) is 5.49. The molecular formula is C24H27N3O3. The van der Waals surface area contributed by atoms with Crippen LogP contribution in [0, 0.1) is 0 Å². The van der Waals surface area contributed by atoms with Crippen molar-refractivity contribution in [2.24, 2.45) is 0 Å². The van der Waals surface area contributed by atoms with Crippen LogP contribution in [0.25, 0.3) is 11.3 Å². The van der Waals surface area contributed by atoms with E-state index in [4.69, 9.17) is 14.1 Å². The Labute approximate surface area is 176 Å². The Hall–Kier alpha value is -3.28. The van der Waals surface area contributed by atoms with Crippen LogP contribution in [0.1, 0.15) is 43.1 Å². The summed E-state index contributed by atoms with van der Waals surface area (Å²) in [4.78, 5) is 16.9. The van der Waals surface area contributed by atoms with Crippen LogP contribution in [0.4, 0.5) is 4.79 Å². The van der Waals surface area contributed by atoms with Crippen molar-refractivity contribution in [3.8, 4) is 17.0 Å². The predicted molar refractivity (Wildman–Crippen MR) is 115 cm³/mol. The van der Waals surface area contributed by atoms with E-state index < -0.39 is 0 Å². The van der Waals surface area contributed by atoms with Crippen molar-refractivity contribution in [3.63, 3.8) is 0 Å². The summed E-state index contributed by atoms with van der Waals surface area (Å²) in [6, 6.07) is 17.8. The maximum Gasteiger partial charge on any atom is 0.315 e. The molecule has 1 fully saturated rings. The van der Waals surface area contributed by atoms with E-state index in [0.717, 1.165) is 54.1 Å². The van der Waals surface area contributed by atoms with Gasteiger partial charge in [0.1, 0.15) is 17.7 Å². The van der Waals surface area contributed by atoms with Crippen molar-refractivity contribution in [3.05, 3.63) is 72.3 Å². The highest BCUT2D eigenvalue weighted by atomic mass is 16.5. The average Bonchev–Trinajstić information content (AvgIpc) is 3.29. The zero-order chi connectivity index (χ0) is 20.8. The predicted octanol–water partition coefficient (Wildman–Crippen LogP) is 4.88. The van der Waals surface area contributed by atoms with Crippen molar-refractivity contribution >= 4 is 6.03 Å². The molecule has 0 spiro atoms. The van der Waals surface area contributed by atoms with E-state index in [9.17, 15) is 4.79 Å². The summed E-state index contributed by atoms with van der Waals surface area (Å²) in [5.74, 6) is 1.92. The number of amides is 2. The molecule has 2 amide bonds. The summed E-state index contributed by atoms with van der Waals surface area (Å²) in [5, 5.41) is 6.02. The minimum absolute atomic E-state index is 0.128. The van der Waals surface area contributed by atoms with E-state index >= 15 is 0 Å². The van der Waals surface area contributed by atoms with Crippen LogP contribution in [0.3, 0.4) is 0 Å². The molecule has 1 heterocycles. The number of rotatable bonds is 6. The summed E-state index contributed by atoms with van der Waals surface area (Å²) < 4.78 is 10.9. The maximum absolute atomic E-state index is 12.2. The molecule has 1 aliphatic carbocycles. The van der Waals surface area contributed by atoms with E-state index in [2.05, 4.69) is 10.6 Å².